The van der Waals surface area contributed by atoms with E-state index in [9.17, 15) is 18.8 Å². The monoisotopic (exact) mass is 586 g/mol. The van der Waals surface area contributed by atoms with Crippen molar-refractivity contribution in [2.24, 2.45) is 0 Å². The van der Waals surface area contributed by atoms with Crippen molar-refractivity contribution in [2.45, 2.75) is 58.3 Å². The number of hydrogen-bond donors (Lipinski definition) is 3. The van der Waals surface area contributed by atoms with Gasteiger partial charge in [-0.2, -0.15) is 0 Å². The molecule has 1 aliphatic rings. The lowest BCUT2D eigenvalue weighted by atomic mass is 10.1. The number of nitrogens with zero attached hydrogens (tertiary/aromatic N) is 1. The summed E-state index contributed by atoms with van der Waals surface area (Å²) in [4.78, 5) is 38.2. The molecule has 1 fully saturated rings. The van der Waals surface area contributed by atoms with E-state index in [4.69, 9.17) is 9.47 Å². The minimum Gasteiger partial charge on any atom is -0.444 e. The average molecular weight is 587 g/mol. The predicted molar refractivity (Wildman–Crippen MR) is 164 cm³/mol. The molecule has 1 aromatic heterocycles. The summed E-state index contributed by atoms with van der Waals surface area (Å²) in [5.74, 6) is -0.911. The molecule has 0 bridgehead atoms. The van der Waals surface area contributed by atoms with Crippen molar-refractivity contribution < 1.29 is 28.2 Å². The maximum absolute atomic E-state index is 14.6. The third kappa shape index (κ3) is 7.78. The van der Waals surface area contributed by atoms with Gasteiger partial charge in [0.15, 0.2) is 0 Å². The zero-order valence-electron chi connectivity index (χ0n) is 24.4. The van der Waals surface area contributed by atoms with E-state index >= 15 is 0 Å². The summed E-state index contributed by atoms with van der Waals surface area (Å²) < 4.78 is 27.2. The van der Waals surface area contributed by atoms with E-state index in [2.05, 4.69) is 16.0 Å². The van der Waals surface area contributed by atoms with Crippen LogP contribution in [0.4, 0.5) is 26.2 Å². The number of hydrogen-bond acceptors (Lipinski definition) is 5. The SMILES string of the molecule is CC(C)(C)OC(=O)Nc1ccc(NC(=O)c2cc3cc(NC(=O)CC4CCCO4)ccc3n2Cc2ccccc2F)cc1. The van der Waals surface area contributed by atoms with Crippen molar-refractivity contribution in [2.75, 3.05) is 22.6 Å². The van der Waals surface area contributed by atoms with Crippen LogP contribution in [0.15, 0.2) is 72.8 Å². The van der Waals surface area contributed by atoms with Gasteiger partial charge in [-0.15, -0.1) is 0 Å². The van der Waals surface area contributed by atoms with Crippen molar-refractivity contribution in [3.05, 3.63) is 89.9 Å². The molecule has 224 valence electrons. The molecule has 5 rings (SSSR count). The van der Waals surface area contributed by atoms with E-state index in [-0.39, 0.29) is 30.8 Å². The summed E-state index contributed by atoms with van der Waals surface area (Å²) in [6.45, 7) is 6.14. The molecule has 0 spiro atoms. The van der Waals surface area contributed by atoms with Crippen LogP contribution < -0.4 is 16.0 Å². The quantitative estimate of drug-likeness (QED) is 0.207. The van der Waals surface area contributed by atoms with E-state index in [1.165, 1.54) is 6.07 Å². The minimum atomic E-state index is -0.629. The second-order valence-corrected chi connectivity index (χ2v) is 11.5. The van der Waals surface area contributed by atoms with Gasteiger partial charge in [-0.05, 0) is 88.2 Å². The first-order valence-electron chi connectivity index (χ1n) is 14.2. The van der Waals surface area contributed by atoms with Gasteiger partial charge in [0.05, 0.1) is 19.1 Å². The molecule has 3 amide bonds. The molecule has 1 unspecified atom stereocenters. The average Bonchev–Trinajstić information content (AvgIpc) is 3.57. The van der Waals surface area contributed by atoms with Crippen molar-refractivity contribution >= 4 is 45.9 Å². The molecule has 4 aromatic rings. The Labute approximate surface area is 249 Å². The molecule has 1 aliphatic heterocycles. The third-order valence-corrected chi connectivity index (χ3v) is 6.93. The molecule has 0 aliphatic carbocycles. The van der Waals surface area contributed by atoms with Crippen molar-refractivity contribution in [3.8, 4) is 0 Å². The number of nitrogens with one attached hydrogen (secondary N) is 3. The zero-order valence-corrected chi connectivity index (χ0v) is 24.4. The molecule has 1 saturated heterocycles. The van der Waals surface area contributed by atoms with Crippen LogP contribution in [0.1, 0.15) is 56.1 Å². The van der Waals surface area contributed by atoms with Gasteiger partial charge < -0.3 is 24.7 Å². The molecule has 2 heterocycles. The maximum atomic E-state index is 14.6. The molecular formula is C33H35FN4O5. The number of carbonyl (C=O) groups is 3. The largest absolute Gasteiger partial charge is 0.444 e. The van der Waals surface area contributed by atoms with Crippen LogP contribution in [0.5, 0.6) is 0 Å². The predicted octanol–water partition coefficient (Wildman–Crippen LogP) is 6.94. The highest BCUT2D eigenvalue weighted by atomic mass is 19.1. The normalized spacial score (nSPS) is 14.8. The molecule has 3 aromatic carbocycles. The second kappa shape index (κ2) is 12.7. The van der Waals surface area contributed by atoms with Crippen molar-refractivity contribution in [1.82, 2.24) is 4.57 Å². The van der Waals surface area contributed by atoms with E-state index in [1.807, 2.05) is 6.07 Å². The number of amides is 3. The number of fused-ring (bicyclic) bond motifs is 1. The fourth-order valence-electron chi connectivity index (χ4n) is 4.98. The first-order chi connectivity index (χ1) is 20.5. The fraction of sp³-hybridized carbons (Fsp3) is 0.303. The van der Waals surface area contributed by atoms with E-state index in [0.29, 0.717) is 45.8 Å². The summed E-state index contributed by atoms with van der Waals surface area (Å²) in [7, 11) is 0. The van der Waals surface area contributed by atoms with Crippen LogP contribution in [-0.4, -0.2) is 40.8 Å². The zero-order chi connectivity index (χ0) is 30.6. The maximum Gasteiger partial charge on any atom is 0.412 e. The van der Waals surface area contributed by atoms with Crippen molar-refractivity contribution in [1.29, 1.82) is 0 Å². The van der Waals surface area contributed by atoms with Gasteiger partial charge in [0.2, 0.25) is 5.91 Å². The number of ether oxygens (including phenoxy) is 2. The van der Waals surface area contributed by atoms with Crippen LogP contribution in [0.2, 0.25) is 0 Å². The third-order valence-electron chi connectivity index (χ3n) is 6.93. The Morgan fingerprint density at radius 2 is 1.63 bits per heavy atom. The van der Waals surface area contributed by atoms with Gasteiger partial charge in [0, 0.05) is 40.1 Å². The summed E-state index contributed by atoms with van der Waals surface area (Å²) >= 11 is 0. The number of anilines is 3. The van der Waals surface area contributed by atoms with Crippen LogP contribution in [0, 0.1) is 5.82 Å². The fourth-order valence-corrected chi connectivity index (χ4v) is 4.98. The van der Waals surface area contributed by atoms with Gasteiger partial charge in [-0.3, -0.25) is 14.9 Å². The smallest absolute Gasteiger partial charge is 0.412 e. The van der Waals surface area contributed by atoms with E-state index in [0.717, 1.165) is 12.8 Å². The van der Waals surface area contributed by atoms with Gasteiger partial charge in [-0.1, -0.05) is 18.2 Å². The number of carbonyl (C=O) groups excluding carboxylic acids is 3. The number of aromatic nitrogens is 1. The molecule has 0 saturated carbocycles. The van der Waals surface area contributed by atoms with Crippen LogP contribution in [-0.2, 0) is 20.8 Å². The van der Waals surface area contributed by atoms with Gasteiger partial charge in [-0.25, -0.2) is 9.18 Å². The van der Waals surface area contributed by atoms with Crippen LogP contribution >= 0.6 is 0 Å². The lowest BCUT2D eigenvalue weighted by Gasteiger charge is -2.19. The first kappa shape index (κ1) is 29.8. The van der Waals surface area contributed by atoms with Crippen LogP contribution in [0.3, 0.4) is 0 Å². The summed E-state index contributed by atoms with van der Waals surface area (Å²) in [5, 5.41) is 9.18. The Hall–Kier alpha value is -4.70. The lowest BCUT2D eigenvalue weighted by molar-refractivity contribution is -0.118. The van der Waals surface area contributed by atoms with Crippen LogP contribution in [0.25, 0.3) is 10.9 Å². The molecule has 43 heavy (non-hydrogen) atoms. The Kier molecular flexibility index (Phi) is 8.77. The van der Waals surface area contributed by atoms with Crippen molar-refractivity contribution in [3.63, 3.8) is 0 Å². The Morgan fingerprint density at radius 1 is 0.930 bits per heavy atom. The molecule has 0 radical (unpaired) electrons. The number of rotatable bonds is 8. The van der Waals surface area contributed by atoms with E-state index in [1.54, 1.807) is 86.0 Å². The number of halogens is 1. The molecular weight excluding hydrogens is 551 g/mol. The second-order valence-electron chi connectivity index (χ2n) is 11.5. The highest BCUT2D eigenvalue weighted by Crippen LogP contribution is 2.27. The lowest BCUT2D eigenvalue weighted by Crippen LogP contribution is -2.27. The highest BCUT2D eigenvalue weighted by molar-refractivity contribution is 6.07. The summed E-state index contributed by atoms with van der Waals surface area (Å²) in [6.07, 6.45) is 1.46. The topological polar surface area (TPSA) is 111 Å². The summed E-state index contributed by atoms with van der Waals surface area (Å²) in [5.41, 5.74) is 2.44. The summed E-state index contributed by atoms with van der Waals surface area (Å²) in [6, 6.07) is 20.2. The van der Waals surface area contributed by atoms with Gasteiger partial charge in [0.25, 0.3) is 5.91 Å². The standard InChI is InChI=1S/C33H35FN4O5/c1-33(2,3)43-32(41)37-24-12-10-23(11-13-24)36-31(40)29-18-22-17-25(35-30(39)19-26-8-6-16-42-26)14-15-28(22)38(29)20-21-7-4-5-9-27(21)34/h4-5,7,9-15,17-18,26H,6,8,16,19-20H2,1-3H3,(H,35,39)(H,36,40)(H,37,41). The van der Waals surface area contributed by atoms with Gasteiger partial charge in [0.1, 0.15) is 17.1 Å². The Balaban J connectivity index is 1.37. The molecule has 9 nitrogen and oxygen atoms in total. The number of benzene rings is 3. The minimum absolute atomic E-state index is 0.0666. The molecule has 10 heteroatoms. The highest BCUT2D eigenvalue weighted by Gasteiger charge is 2.21. The first-order valence-corrected chi connectivity index (χ1v) is 14.2. The Bertz CT molecular complexity index is 1640. The molecule has 1 atom stereocenters. The van der Waals surface area contributed by atoms with Gasteiger partial charge >= 0.3 is 6.09 Å². The Morgan fingerprint density at radius 3 is 2.30 bits per heavy atom. The molecule has 3 N–H and O–H groups in total. The van der Waals surface area contributed by atoms with E-state index < -0.39 is 17.6 Å².